The van der Waals surface area contributed by atoms with Gasteiger partial charge in [-0.2, -0.15) is 11.8 Å². The quantitative estimate of drug-likeness (QED) is 0.862. The maximum atomic E-state index is 4.70. The first-order valence-electron chi connectivity index (χ1n) is 6.31. The Kier molecular flexibility index (Phi) is 5.03. The highest BCUT2D eigenvalue weighted by atomic mass is 32.2. The van der Waals surface area contributed by atoms with E-state index in [4.69, 9.17) is 4.98 Å². The summed E-state index contributed by atoms with van der Waals surface area (Å²) in [7, 11) is 0. The van der Waals surface area contributed by atoms with E-state index in [0.29, 0.717) is 12.1 Å². The fraction of sp³-hybridized carbons (Fsp3) is 0.500. The van der Waals surface area contributed by atoms with Gasteiger partial charge in [0.2, 0.25) is 0 Å². The largest absolute Gasteiger partial charge is 0.306 e. The average molecular weight is 280 g/mol. The van der Waals surface area contributed by atoms with Crippen LogP contribution >= 0.6 is 23.1 Å². The van der Waals surface area contributed by atoms with E-state index < -0.39 is 0 Å². The number of aromatic nitrogens is 1. The van der Waals surface area contributed by atoms with Crippen molar-refractivity contribution < 1.29 is 0 Å². The Morgan fingerprint density at radius 3 is 2.83 bits per heavy atom. The monoisotopic (exact) mass is 280 g/mol. The van der Waals surface area contributed by atoms with Gasteiger partial charge >= 0.3 is 0 Å². The molecule has 2 unspecified atom stereocenters. The molecule has 2 atom stereocenters. The molecule has 0 aliphatic carbocycles. The molecule has 4 heteroatoms. The second kappa shape index (κ2) is 6.55. The molecular formula is C14H20N2S2. The number of para-hydroxylation sites is 1. The minimum atomic E-state index is 0.333. The summed E-state index contributed by atoms with van der Waals surface area (Å²) in [5.74, 6) is 1.21. The van der Waals surface area contributed by atoms with Crippen molar-refractivity contribution in [2.75, 3.05) is 12.0 Å². The molecule has 0 bridgehead atoms. The minimum absolute atomic E-state index is 0.333. The number of fused-ring (bicyclic) bond motifs is 1. The van der Waals surface area contributed by atoms with Gasteiger partial charge in [0.1, 0.15) is 5.01 Å². The zero-order chi connectivity index (χ0) is 13.0. The number of hydrogen-bond donors (Lipinski definition) is 1. The maximum Gasteiger partial charge on any atom is 0.111 e. The second-order valence-electron chi connectivity index (χ2n) is 4.59. The first-order chi connectivity index (χ1) is 8.70. The Bertz CT molecular complexity index is 462. The zero-order valence-electron chi connectivity index (χ0n) is 11.1. The summed E-state index contributed by atoms with van der Waals surface area (Å²) in [6.07, 6.45) is 3.36. The third kappa shape index (κ3) is 3.46. The van der Waals surface area contributed by atoms with E-state index in [-0.39, 0.29) is 0 Å². The minimum Gasteiger partial charge on any atom is -0.306 e. The summed E-state index contributed by atoms with van der Waals surface area (Å²) in [5.41, 5.74) is 1.11. The summed E-state index contributed by atoms with van der Waals surface area (Å²) < 4.78 is 1.28. The molecule has 0 amide bonds. The molecule has 0 saturated heterocycles. The fourth-order valence-electron chi connectivity index (χ4n) is 1.95. The van der Waals surface area contributed by atoms with Crippen molar-refractivity contribution in [1.82, 2.24) is 10.3 Å². The van der Waals surface area contributed by atoms with E-state index in [1.807, 2.05) is 17.8 Å². The van der Waals surface area contributed by atoms with Gasteiger partial charge in [0.25, 0.3) is 0 Å². The van der Waals surface area contributed by atoms with Crippen molar-refractivity contribution >= 4 is 33.3 Å². The van der Waals surface area contributed by atoms with E-state index >= 15 is 0 Å². The highest BCUT2D eigenvalue weighted by Crippen LogP contribution is 2.26. The first-order valence-corrected chi connectivity index (χ1v) is 8.52. The Labute approximate surface area is 117 Å². The van der Waals surface area contributed by atoms with Crippen LogP contribution in [-0.4, -0.2) is 23.0 Å². The number of hydrogen-bond acceptors (Lipinski definition) is 4. The van der Waals surface area contributed by atoms with Gasteiger partial charge in [-0.25, -0.2) is 4.98 Å². The molecule has 1 aromatic carbocycles. The van der Waals surface area contributed by atoms with E-state index in [0.717, 1.165) is 5.52 Å². The zero-order valence-corrected chi connectivity index (χ0v) is 12.8. The molecule has 0 spiro atoms. The van der Waals surface area contributed by atoms with Gasteiger partial charge in [-0.15, -0.1) is 11.3 Å². The first kappa shape index (κ1) is 13.8. The van der Waals surface area contributed by atoms with Gasteiger partial charge in [0.05, 0.1) is 16.3 Å². The van der Waals surface area contributed by atoms with Crippen molar-refractivity contribution in [1.29, 1.82) is 0 Å². The van der Waals surface area contributed by atoms with Crippen LogP contribution in [0, 0.1) is 0 Å². The summed E-state index contributed by atoms with van der Waals surface area (Å²) in [6, 6.07) is 9.22. The number of benzene rings is 1. The standard InChI is InChI=1S/C14H20N2S2/c1-10(8-9-17-3)15-11(2)14-16-12-6-4-5-7-13(12)18-14/h4-7,10-11,15H,8-9H2,1-3H3. The number of thioether (sulfide) groups is 1. The molecular weight excluding hydrogens is 260 g/mol. The normalized spacial score (nSPS) is 14.8. The SMILES string of the molecule is CSCCC(C)NC(C)c1nc2ccccc2s1. The van der Waals surface area contributed by atoms with Crippen LogP contribution < -0.4 is 5.32 Å². The number of nitrogens with zero attached hydrogens (tertiary/aromatic N) is 1. The Balaban J connectivity index is 2.01. The molecule has 0 fully saturated rings. The van der Waals surface area contributed by atoms with Gasteiger partial charge in [0, 0.05) is 6.04 Å². The van der Waals surface area contributed by atoms with Crippen molar-refractivity contribution in [3.05, 3.63) is 29.3 Å². The van der Waals surface area contributed by atoms with Gasteiger partial charge in [0.15, 0.2) is 0 Å². The molecule has 1 heterocycles. The summed E-state index contributed by atoms with van der Waals surface area (Å²) in [4.78, 5) is 4.70. The number of rotatable bonds is 6. The third-order valence-corrected chi connectivity index (χ3v) is 4.83. The van der Waals surface area contributed by atoms with Crippen LogP contribution in [0.1, 0.15) is 31.3 Å². The van der Waals surface area contributed by atoms with Crippen molar-refractivity contribution in [3.63, 3.8) is 0 Å². The highest BCUT2D eigenvalue weighted by Gasteiger charge is 2.13. The Morgan fingerprint density at radius 2 is 2.11 bits per heavy atom. The van der Waals surface area contributed by atoms with Gasteiger partial charge in [-0.1, -0.05) is 12.1 Å². The number of thiazole rings is 1. The lowest BCUT2D eigenvalue weighted by Gasteiger charge is -2.17. The Hall–Kier alpha value is -0.580. The van der Waals surface area contributed by atoms with Crippen LogP contribution in [0.15, 0.2) is 24.3 Å². The van der Waals surface area contributed by atoms with Crippen molar-refractivity contribution in [2.45, 2.75) is 32.4 Å². The van der Waals surface area contributed by atoms with Gasteiger partial charge < -0.3 is 5.32 Å². The fourth-order valence-corrected chi connectivity index (χ4v) is 3.52. The van der Waals surface area contributed by atoms with Gasteiger partial charge in [-0.3, -0.25) is 0 Å². The molecule has 0 aliphatic rings. The van der Waals surface area contributed by atoms with E-state index in [9.17, 15) is 0 Å². The van der Waals surface area contributed by atoms with Crippen LogP contribution in [0.25, 0.3) is 10.2 Å². The van der Waals surface area contributed by atoms with Crippen LogP contribution in [0.4, 0.5) is 0 Å². The molecule has 0 saturated carbocycles. The molecule has 18 heavy (non-hydrogen) atoms. The lowest BCUT2D eigenvalue weighted by molar-refractivity contribution is 0.471. The smallest absolute Gasteiger partial charge is 0.111 e. The molecule has 2 aromatic rings. The third-order valence-electron chi connectivity index (χ3n) is 2.97. The molecule has 1 aromatic heterocycles. The van der Waals surface area contributed by atoms with Crippen LogP contribution in [0.3, 0.4) is 0 Å². The van der Waals surface area contributed by atoms with Crippen molar-refractivity contribution in [2.24, 2.45) is 0 Å². The van der Waals surface area contributed by atoms with Crippen molar-refractivity contribution in [3.8, 4) is 0 Å². The van der Waals surface area contributed by atoms with Crippen LogP contribution in [-0.2, 0) is 0 Å². The Morgan fingerprint density at radius 1 is 1.33 bits per heavy atom. The van der Waals surface area contributed by atoms with E-state index in [1.165, 1.54) is 21.9 Å². The lowest BCUT2D eigenvalue weighted by Crippen LogP contribution is -2.29. The van der Waals surface area contributed by atoms with E-state index in [1.54, 1.807) is 11.3 Å². The predicted molar refractivity (Wildman–Crippen MR) is 83.6 cm³/mol. The molecule has 2 rings (SSSR count). The topological polar surface area (TPSA) is 24.9 Å². The molecule has 2 nitrogen and oxygen atoms in total. The highest BCUT2D eigenvalue weighted by molar-refractivity contribution is 7.98. The number of nitrogens with one attached hydrogen (secondary N) is 1. The molecule has 1 N–H and O–H groups in total. The van der Waals surface area contributed by atoms with E-state index in [2.05, 4.69) is 43.6 Å². The summed E-state index contributed by atoms with van der Waals surface area (Å²) >= 11 is 3.70. The second-order valence-corrected chi connectivity index (χ2v) is 6.64. The summed E-state index contributed by atoms with van der Waals surface area (Å²) in [5, 5.41) is 4.81. The predicted octanol–water partition coefficient (Wildman–Crippen LogP) is 4.09. The summed E-state index contributed by atoms with van der Waals surface area (Å²) in [6.45, 7) is 4.45. The maximum absolute atomic E-state index is 4.70. The van der Waals surface area contributed by atoms with Crippen LogP contribution in [0.2, 0.25) is 0 Å². The molecule has 0 radical (unpaired) electrons. The van der Waals surface area contributed by atoms with Gasteiger partial charge in [-0.05, 0) is 44.4 Å². The lowest BCUT2D eigenvalue weighted by atomic mass is 10.2. The molecule has 98 valence electrons. The van der Waals surface area contributed by atoms with Crippen LogP contribution in [0.5, 0.6) is 0 Å². The molecule has 0 aliphatic heterocycles. The average Bonchev–Trinajstić information content (AvgIpc) is 2.80.